The van der Waals surface area contributed by atoms with Crippen LogP contribution in [0.4, 0.5) is 11.4 Å². The lowest BCUT2D eigenvalue weighted by Crippen LogP contribution is -2.46. The van der Waals surface area contributed by atoms with Gasteiger partial charge in [0.25, 0.3) is 0 Å². The van der Waals surface area contributed by atoms with Gasteiger partial charge in [-0.05, 0) is 62.2 Å². The zero-order valence-corrected chi connectivity index (χ0v) is 19.0. The zero-order valence-electron chi connectivity index (χ0n) is 19.0. The number of carbonyl (C=O) groups is 1. The highest BCUT2D eigenvalue weighted by atomic mass is 16.5. The van der Waals surface area contributed by atoms with E-state index in [-0.39, 0.29) is 6.04 Å². The molecule has 1 aromatic heterocycles. The van der Waals surface area contributed by atoms with Crippen LogP contribution in [0.2, 0.25) is 0 Å². The van der Waals surface area contributed by atoms with Crippen molar-refractivity contribution in [3.05, 3.63) is 72.6 Å². The molecule has 33 heavy (non-hydrogen) atoms. The lowest BCUT2D eigenvalue weighted by molar-refractivity contribution is -0.108. The molecule has 0 radical (unpaired) electrons. The number of ether oxygens (including phenoxy) is 1. The standard InChI is InChI=1S/C27H32N4O2/c32-21-25-26-10-7-14-31(26)27-12-11-23(20-24(27)28-25)33-19-6-2-5-13-29-15-17-30(18-16-29)22-8-3-1-4-9-22/h1,3-4,7-12,14,20-21,25,28H,2,5-6,13,15-19H2. The van der Waals surface area contributed by atoms with Crippen molar-refractivity contribution in [1.29, 1.82) is 0 Å². The van der Waals surface area contributed by atoms with Gasteiger partial charge in [-0.2, -0.15) is 0 Å². The van der Waals surface area contributed by atoms with Crippen molar-refractivity contribution in [1.82, 2.24) is 9.47 Å². The van der Waals surface area contributed by atoms with E-state index in [0.717, 1.165) is 68.2 Å². The van der Waals surface area contributed by atoms with Crippen LogP contribution in [0.25, 0.3) is 5.69 Å². The Labute approximate surface area is 195 Å². The van der Waals surface area contributed by atoms with Gasteiger partial charge in [-0.15, -0.1) is 0 Å². The second-order valence-corrected chi connectivity index (χ2v) is 8.81. The van der Waals surface area contributed by atoms with Crippen LogP contribution in [0, 0.1) is 0 Å². The number of aldehydes is 1. The molecular formula is C27H32N4O2. The van der Waals surface area contributed by atoms with Crippen molar-refractivity contribution in [2.75, 3.05) is 49.5 Å². The van der Waals surface area contributed by atoms with Crippen molar-refractivity contribution in [3.63, 3.8) is 0 Å². The number of anilines is 2. The number of rotatable bonds is 9. The van der Waals surface area contributed by atoms with Gasteiger partial charge in [0.2, 0.25) is 0 Å². The Kier molecular flexibility index (Phi) is 6.63. The number of unbranched alkanes of at least 4 members (excludes halogenated alkanes) is 2. The average molecular weight is 445 g/mol. The maximum atomic E-state index is 11.5. The molecule has 6 nitrogen and oxygen atoms in total. The lowest BCUT2D eigenvalue weighted by atomic mass is 10.1. The van der Waals surface area contributed by atoms with Crippen molar-refractivity contribution < 1.29 is 9.53 Å². The van der Waals surface area contributed by atoms with Crippen LogP contribution in [-0.4, -0.2) is 55.1 Å². The van der Waals surface area contributed by atoms with Crippen molar-refractivity contribution >= 4 is 17.7 Å². The summed E-state index contributed by atoms with van der Waals surface area (Å²) < 4.78 is 8.07. The number of nitrogens with one attached hydrogen (secondary N) is 1. The minimum atomic E-state index is -0.322. The number of aromatic nitrogens is 1. The van der Waals surface area contributed by atoms with Crippen LogP contribution in [0.1, 0.15) is 31.0 Å². The predicted octanol–water partition coefficient (Wildman–Crippen LogP) is 4.51. The van der Waals surface area contributed by atoms with Gasteiger partial charge in [0.1, 0.15) is 18.1 Å². The lowest BCUT2D eigenvalue weighted by Gasteiger charge is -2.36. The topological polar surface area (TPSA) is 49.7 Å². The fourth-order valence-electron chi connectivity index (χ4n) is 4.82. The van der Waals surface area contributed by atoms with E-state index in [1.165, 1.54) is 18.5 Å². The van der Waals surface area contributed by atoms with Crippen molar-refractivity contribution in [2.45, 2.75) is 25.3 Å². The SMILES string of the molecule is O=CC1Nc2cc(OCCCCCN3CCN(c4ccccc4)CC3)ccc2-n2cccc21. The summed E-state index contributed by atoms with van der Waals surface area (Å²) in [7, 11) is 0. The first kappa shape index (κ1) is 21.6. The van der Waals surface area contributed by atoms with E-state index in [0.29, 0.717) is 6.61 Å². The highest BCUT2D eigenvalue weighted by Crippen LogP contribution is 2.35. The molecular weight excluding hydrogens is 412 g/mol. The Morgan fingerprint density at radius 3 is 2.61 bits per heavy atom. The Balaban J connectivity index is 1.02. The highest BCUT2D eigenvalue weighted by molar-refractivity contribution is 5.75. The number of nitrogens with zero attached hydrogens (tertiary/aromatic N) is 3. The number of piperazine rings is 1. The molecule has 172 valence electrons. The second-order valence-electron chi connectivity index (χ2n) is 8.81. The van der Waals surface area contributed by atoms with E-state index in [1.54, 1.807) is 0 Å². The first-order valence-corrected chi connectivity index (χ1v) is 12.0. The molecule has 1 atom stereocenters. The van der Waals surface area contributed by atoms with E-state index in [9.17, 15) is 4.79 Å². The molecule has 2 aromatic carbocycles. The van der Waals surface area contributed by atoms with Crippen molar-refractivity contribution in [2.24, 2.45) is 0 Å². The molecule has 0 bridgehead atoms. The first-order valence-electron chi connectivity index (χ1n) is 12.0. The molecule has 0 aliphatic carbocycles. The number of para-hydroxylation sites is 1. The number of fused-ring (bicyclic) bond motifs is 3. The van der Waals surface area contributed by atoms with Gasteiger partial charge in [-0.1, -0.05) is 18.2 Å². The highest BCUT2D eigenvalue weighted by Gasteiger charge is 2.23. The van der Waals surface area contributed by atoms with E-state index >= 15 is 0 Å². The Hall–Kier alpha value is -3.25. The minimum absolute atomic E-state index is 0.322. The Morgan fingerprint density at radius 1 is 0.939 bits per heavy atom. The van der Waals surface area contributed by atoms with E-state index in [1.807, 2.05) is 30.5 Å². The Bertz CT molecular complexity index is 1060. The van der Waals surface area contributed by atoms with Crippen LogP contribution in [0.3, 0.4) is 0 Å². The van der Waals surface area contributed by atoms with Crippen LogP contribution < -0.4 is 15.0 Å². The van der Waals surface area contributed by atoms with E-state index in [2.05, 4.69) is 56.1 Å². The summed E-state index contributed by atoms with van der Waals surface area (Å²) >= 11 is 0. The minimum Gasteiger partial charge on any atom is -0.494 e. The van der Waals surface area contributed by atoms with Gasteiger partial charge in [-0.3, -0.25) is 4.90 Å². The van der Waals surface area contributed by atoms with Gasteiger partial charge in [0.15, 0.2) is 0 Å². The molecule has 0 spiro atoms. The van der Waals surface area contributed by atoms with Crippen LogP contribution in [-0.2, 0) is 4.79 Å². The average Bonchev–Trinajstić information content (AvgIpc) is 3.37. The van der Waals surface area contributed by atoms with Gasteiger partial charge >= 0.3 is 0 Å². The second kappa shape index (κ2) is 10.1. The summed E-state index contributed by atoms with van der Waals surface area (Å²) in [6.45, 7) is 6.37. The molecule has 1 fully saturated rings. The van der Waals surface area contributed by atoms with E-state index < -0.39 is 0 Å². The van der Waals surface area contributed by atoms with Gasteiger partial charge in [0, 0.05) is 44.1 Å². The smallest absolute Gasteiger partial charge is 0.148 e. The first-order chi connectivity index (χ1) is 16.3. The summed E-state index contributed by atoms with van der Waals surface area (Å²) in [5.74, 6) is 0.846. The van der Waals surface area contributed by atoms with Crippen LogP contribution in [0.15, 0.2) is 66.9 Å². The maximum absolute atomic E-state index is 11.5. The van der Waals surface area contributed by atoms with Gasteiger partial charge < -0.3 is 24.3 Å². The zero-order chi connectivity index (χ0) is 22.5. The predicted molar refractivity (Wildman–Crippen MR) is 133 cm³/mol. The number of hydrogen-bond donors (Lipinski definition) is 1. The third-order valence-electron chi connectivity index (χ3n) is 6.65. The van der Waals surface area contributed by atoms with Crippen molar-refractivity contribution in [3.8, 4) is 11.4 Å². The third kappa shape index (κ3) is 4.91. The molecule has 0 saturated carbocycles. The largest absolute Gasteiger partial charge is 0.494 e. The molecule has 5 rings (SSSR count). The van der Waals surface area contributed by atoms with E-state index in [4.69, 9.17) is 4.74 Å². The quantitative estimate of drug-likeness (QED) is 0.389. The Morgan fingerprint density at radius 2 is 1.79 bits per heavy atom. The molecule has 1 N–H and O–H groups in total. The summed E-state index contributed by atoms with van der Waals surface area (Å²) in [4.78, 5) is 16.5. The fraction of sp³-hybridized carbons (Fsp3) is 0.370. The molecule has 3 aromatic rings. The third-order valence-corrected chi connectivity index (χ3v) is 6.65. The monoisotopic (exact) mass is 444 g/mol. The van der Waals surface area contributed by atoms with Crippen LogP contribution >= 0.6 is 0 Å². The molecule has 0 amide bonds. The fourth-order valence-corrected chi connectivity index (χ4v) is 4.82. The van der Waals surface area contributed by atoms with Gasteiger partial charge in [0.05, 0.1) is 23.7 Å². The molecule has 1 unspecified atom stereocenters. The molecule has 1 saturated heterocycles. The molecule has 6 heteroatoms. The summed E-state index contributed by atoms with van der Waals surface area (Å²) in [6, 6.07) is 20.4. The molecule has 2 aliphatic rings. The molecule has 3 heterocycles. The van der Waals surface area contributed by atoms with Crippen LogP contribution in [0.5, 0.6) is 5.75 Å². The maximum Gasteiger partial charge on any atom is 0.148 e. The summed E-state index contributed by atoms with van der Waals surface area (Å²) in [6.07, 6.45) is 6.37. The summed E-state index contributed by atoms with van der Waals surface area (Å²) in [5.41, 5.74) is 4.28. The summed E-state index contributed by atoms with van der Waals surface area (Å²) in [5, 5.41) is 3.31. The van der Waals surface area contributed by atoms with Gasteiger partial charge in [-0.25, -0.2) is 0 Å². The molecule has 2 aliphatic heterocycles. The normalized spacial score (nSPS) is 17.7. The number of benzene rings is 2. The number of hydrogen-bond acceptors (Lipinski definition) is 5. The number of carbonyl (C=O) groups excluding carboxylic acids is 1.